The van der Waals surface area contributed by atoms with E-state index in [2.05, 4.69) is 4.98 Å². The summed E-state index contributed by atoms with van der Waals surface area (Å²) in [5.74, 6) is -1.81. The molecule has 26 heavy (non-hydrogen) atoms. The molecule has 0 atom stereocenters. The summed E-state index contributed by atoms with van der Waals surface area (Å²) < 4.78 is 53.3. The van der Waals surface area contributed by atoms with Gasteiger partial charge in [0.2, 0.25) is 10.0 Å². The highest BCUT2D eigenvalue weighted by Crippen LogP contribution is 2.31. The van der Waals surface area contributed by atoms with E-state index in [0.717, 1.165) is 34.2 Å². The number of sulfonamides is 1. The van der Waals surface area contributed by atoms with Crippen LogP contribution in [0, 0.1) is 11.6 Å². The summed E-state index contributed by atoms with van der Waals surface area (Å²) in [6, 6.07) is 10.2. The van der Waals surface area contributed by atoms with Gasteiger partial charge in [0.05, 0.1) is 4.90 Å². The summed E-state index contributed by atoms with van der Waals surface area (Å²) in [6.45, 7) is 0.418. The van der Waals surface area contributed by atoms with E-state index in [9.17, 15) is 17.2 Å². The molecular formula is C19H16F2N2O2S. The third-order valence-corrected chi connectivity index (χ3v) is 6.42. The molecule has 0 saturated carbocycles. The molecule has 2 aromatic carbocycles. The van der Waals surface area contributed by atoms with E-state index in [-0.39, 0.29) is 18.0 Å². The van der Waals surface area contributed by atoms with Gasteiger partial charge in [-0.3, -0.25) is 0 Å². The van der Waals surface area contributed by atoms with Crippen LogP contribution in [-0.2, 0) is 10.0 Å². The fourth-order valence-corrected chi connectivity index (χ4v) is 4.70. The maximum absolute atomic E-state index is 13.4. The molecule has 1 aliphatic rings. The van der Waals surface area contributed by atoms with Crippen LogP contribution in [0.5, 0.6) is 0 Å². The van der Waals surface area contributed by atoms with E-state index < -0.39 is 21.7 Å². The van der Waals surface area contributed by atoms with Crippen LogP contribution in [0.15, 0.2) is 59.6 Å². The molecule has 2 heterocycles. The lowest BCUT2D eigenvalue weighted by Gasteiger charge is -2.26. The Morgan fingerprint density at radius 2 is 1.77 bits per heavy atom. The van der Waals surface area contributed by atoms with E-state index in [1.807, 2.05) is 36.5 Å². The number of aromatic nitrogens is 1. The largest absolute Gasteiger partial charge is 0.361 e. The zero-order chi connectivity index (χ0) is 18.3. The molecule has 7 heteroatoms. The molecule has 4 rings (SSSR count). The van der Waals surface area contributed by atoms with Gasteiger partial charge in [-0.2, -0.15) is 4.31 Å². The predicted molar refractivity (Wildman–Crippen MR) is 96.0 cm³/mol. The molecule has 1 aliphatic heterocycles. The summed E-state index contributed by atoms with van der Waals surface area (Å²) in [4.78, 5) is 2.85. The van der Waals surface area contributed by atoms with E-state index in [0.29, 0.717) is 12.5 Å². The minimum atomic E-state index is -3.94. The normalized spacial score (nSPS) is 16.0. The van der Waals surface area contributed by atoms with Crippen LogP contribution in [0.2, 0.25) is 0 Å². The SMILES string of the molecule is O=S(=O)(c1cc(F)cc(F)c1)N1CC=C(c2c[nH]c3ccccc23)CC1. The number of H-pyrrole nitrogens is 1. The summed E-state index contributed by atoms with van der Waals surface area (Å²) >= 11 is 0. The lowest BCUT2D eigenvalue weighted by atomic mass is 10.00. The minimum Gasteiger partial charge on any atom is -0.361 e. The molecule has 0 aliphatic carbocycles. The van der Waals surface area contributed by atoms with E-state index in [1.54, 1.807) is 0 Å². The second-order valence-corrected chi connectivity index (χ2v) is 8.13. The van der Waals surface area contributed by atoms with E-state index >= 15 is 0 Å². The zero-order valence-electron chi connectivity index (χ0n) is 13.7. The molecule has 0 saturated heterocycles. The number of benzene rings is 2. The van der Waals surface area contributed by atoms with Crippen LogP contribution in [0.25, 0.3) is 16.5 Å². The second kappa shape index (κ2) is 6.34. The number of aromatic amines is 1. The quantitative estimate of drug-likeness (QED) is 0.755. The standard InChI is InChI=1S/C19H16F2N2O2S/c20-14-9-15(21)11-16(10-14)26(24,25)23-7-5-13(6-8-23)18-12-22-19-4-2-1-3-17(18)19/h1-5,9-12,22H,6-8H2. The minimum absolute atomic E-state index is 0.162. The van der Waals surface area contributed by atoms with E-state index in [4.69, 9.17) is 0 Å². The number of hydrogen-bond acceptors (Lipinski definition) is 2. The van der Waals surface area contributed by atoms with Crippen molar-refractivity contribution >= 4 is 26.5 Å². The van der Waals surface area contributed by atoms with E-state index in [1.165, 1.54) is 4.31 Å². The van der Waals surface area contributed by atoms with Crippen LogP contribution in [0.1, 0.15) is 12.0 Å². The van der Waals surface area contributed by atoms with Crippen molar-refractivity contribution in [3.63, 3.8) is 0 Å². The summed E-state index contributed by atoms with van der Waals surface area (Å²) in [6.07, 6.45) is 4.30. The Bertz CT molecular complexity index is 1100. The number of fused-ring (bicyclic) bond motifs is 1. The van der Waals surface area contributed by atoms with Crippen molar-refractivity contribution in [2.75, 3.05) is 13.1 Å². The molecule has 1 N–H and O–H groups in total. The Kier molecular flexibility index (Phi) is 4.13. The third kappa shape index (κ3) is 2.93. The number of nitrogens with zero attached hydrogens (tertiary/aromatic N) is 1. The van der Waals surface area contributed by atoms with Crippen molar-refractivity contribution < 1.29 is 17.2 Å². The first-order valence-electron chi connectivity index (χ1n) is 8.17. The van der Waals surface area contributed by atoms with Gasteiger partial charge < -0.3 is 4.98 Å². The number of hydrogen-bond donors (Lipinski definition) is 1. The molecule has 0 fully saturated rings. The Balaban J connectivity index is 1.63. The molecule has 134 valence electrons. The van der Waals surface area contributed by atoms with Crippen molar-refractivity contribution in [1.82, 2.24) is 9.29 Å². The number of rotatable bonds is 3. The third-order valence-electron chi connectivity index (χ3n) is 4.58. The molecule has 1 aromatic heterocycles. The maximum atomic E-state index is 13.4. The monoisotopic (exact) mass is 374 g/mol. The Morgan fingerprint density at radius 1 is 1.04 bits per heavy atom. The second-order valence-electron chi connectivity index (χ2n) is 6.20. The van der Waals surface area contributed by atoms with Gasteiger partial charge in [-0.1, -0.05) is 24.3 Å². The fraction of sp³-hybridized carbons (Fsp3) is 0.158. The lowest BCUT2D eigenvalue weighted by molar-refractivity contribution is 0.440. The van der Waals surface area contributed by atoms with Gasteiger partial charge in [-0.15, -0.1) is 0 Å². The van der Waals surface area contributed by atoms with Crippen LogP contribution in [0.4, 0.5) is 8.78 Å². The first-order chi connectivity index (χ1) is 12.4. The maximum Gasteiger partial charge on any atom is 0.243 e. The fourth-order valence-electron chi connectivity index (χ4n) is 3.28. The molecular weight excluding hydrogens is 358 g/mol. The smallest absolute Gasteiger partial charge is 0.243 e. The van der Waals surface area contributed by atoms with Crippen LogP contribution in [-0.4, -0.2) is 30.8 Å². The Morgan fingerprint density at radius 3 is 2.46 bits per heavy atom. The van der Waals surface area contributed by atoms with Gasteiger partial charge in [0.1, 0.15) is 11.6 Å². The Hall–Kier alpha value is -2.51. The number of nitrogens with one attached hydrogen (secondary N) is 1. The molecule has 0 bridgehead atoms. The molecule has 0 unspecified atom stereocenters. The summed E-state index contributed by atoms with van der Waals surface area (Å²) in [5, 5.41) is 1.09. The average Bonchev–Trinajstić information content (AvgIpc) is 3.05. The number of para-hydroxylation sites is 1. The van der Waals surface area contributed by atoms with Crippen molar-refractivity contribution in [3.05, 3.63) is 71.9 Å². The first kappa shape index (κ1) is 16.9. The van der Waals surface area contributed by atoms with Gasteiger partial charge in [-0.05, 0) is 30.2 Å². The van der Waals surface area contributed by atoms with Crippen molar-refractivity contribution in [2.24, 2.45) is 0 Å². The molecule has 3 aromatic rings. The van der Waals surface area contributed by atoms with Crippen LogP contribution in [0.3, 0.4) is 0 Å². The Labute approximate surface area is 149 Å². The molecule has 0 radical (unpaired) electrons. The van der Waals surface area contributed by atoms with Crippen LogP contribution < -0.4 is 0 Å². The topological polar surface area (TPSA) is 53.2 Å². The highest BCUT2D eigenvalue weighted by Gasteiger charge is 2.27. The van der Waals surface area contributed by atoms with Gasteiger partial charge in [0.25, 0.3) is 0 Å². The van der Waals surface area contributed by atoms with Gasteiger partial charge in [0, 0.05) is 41.8 Å². The van der Waals surface area contributed by atoms with Crippen LogP contribution >= 0.6 is 0 Å². The highest BCUT2D eigenvalue weighted by atomic mass is 32.2. The average molecular weight is 374 g/mol. The van der Waals surface area contributed by atoms with Crippen molar-refractivity contribution in [3.8, 4) is 0 Å². The first-order valence-corrected chi connectivity index (χ1v) is 9.61. The van der Waals surface area contributed by atoms with Crippen molar-refractivity contribution in [1.29, 1.82) is 0 Å². The highest BCUT2D eigenvalue weighted by molar-refractivity contribution is 7.89. The zero-order valence-corrected chi connectivity index (χ0v) is 14.6. The predicted octanol–water partition coefficient (Wildman–Crippen LogP) is 3.92. The summed E-state index contributed by atoms with van der Waals surface area (Å²) in [7, 11) is -3.94. The van der Waals surface area contributed by atoms with Gasteiger partial charge >= 0.3 is 0 Å². The van der Waals surface area contributed by atoms with Gasteiger partial charge in [0.15, 0.2) is 0 Å². The number of halogens is 2. The summed E-state index contributed by atoms with van der Waals surface area (Å²) in [5.41, 5.74) is 3.13. The molecule has 0 amide bonds. The molecule has 4 nitrogen and oxygen atoms in total. The lowest BCUT2D eigenvalue weighted by Crippen LogP contribution is -2.34. The van der Waals surface area contributed by atoms with Crippen molar-refractivity contribution in [2.45, 2.75) is 11.3 Å². The molecule has 0 spiro atoms. The van der Waals surface area contributed by atoms with Gasteiger partial charge in [-0.25, -0.2) is 17.2 Å².